The molecule has 5 nitrogen and oxygen atoms in total. The third kappa shape index (κ3) is 3.51. The van der Waals surface area contributed by atoms with Gasteiger partial charge in [0.05, 0.1) is 5.69 Å². The average Bonchev–Trinajstić information content (AvgIpc) is 2.71. The fourth-order valence-electron chi connectivity index (χ4n) is 3.28. The van der Waals surface area contributed by atoms with E-state index in [0.29, 0.717) is 17.3 Å². The Morgan fingerprint density at radius 1 is 1.00 bits per heavy atom. The molecular formula is C22H20BrN5. The number of nitrogens with one attached hydrogen (secondary N) is 1. The molecule has 6 heteroatoms. The summed E-state index contributed by atoms with van der Waals surface area (Å²) < 4.78 is 0.983. The van der Waals surface area contributed by atoms with E-state index in [1.54, 1.807) is 6.33 Å². The number of hydrogen-bond donors (Lipinski definition) is 2. The predicted molar refractivity (Wildman–Crippen MR) is 120 cm³/mol. The quantitative estimate of drug-likeness (QED) is 0.411. The van der Waals surface area contributed by atoms with Crippen LogP contribution in [-0.4, -0.2) is 16.5 Å². The maximum absolute atomic E-state index is 6.49. The lowest BCUT2D eigenvalue weighted by atomic mass is 10.1. The summed E-state index contributed by atoms with van der Waals surface area (Å²) in [7, 11) is 0. The zero-order valence-electron chi connectivity index (χ0n) is 15.4. The van der Waals surface area contributed by atoms with Crippen LogP contribution in [0.1, 0.15) is 6.92 Å². The third-order valence-corrected chi connectivity index (χ3v) is 5.07. The Balaban J connectivity index is 1.77. The van der Waals surface area contributed by atoms with Crippen LogP contribution in [0.15, 0.2) is 77.5 Å². The normalized spacial score (nSPS) is 10.8. The summed E-state index contributed by atoms with van der Waals surface area (Å²) >= 11 is 3.48. The first-order chi connectivity index (χ1) is 13.7. The van der Waals surface area contributed by atoms with Crippen LogP contribution in [0, 0.1) is 0 Å². The van der Waals surface area contributed by atoms with Crippen LogP contribution in [0.4, 0.5) is 28.7 Å². The highest BCUT2D eigenvalue weighted by atomic mass is 79.9. The molecule has 0 spiro atoms. The molecule has 28 heavy (non-hydrogen) atoms. The Kier molecular flexibility index (Phi) is 5.12. The first kappa shape index (κ1) is 18.3. The molecule has 0 fully saturated rings. The van der Waals surface area contributed by atoms with Crippen molar-refractivity contribution in [2.45, 2.75) is 6.92 Å². The number of aromatic nitrogens is 2. The topological polar surface area (TPSA) is 67.1 Å². The van der Waals surface area contributed by atoms with Gasteiger partial charge in [-0.15, -0.1) is 0 Å². The van der Waals surface area contributed by atoms with Gasteiger partial charge in [-0.1, -0.05) is 58.4 Å². The average molecular weight is 434 g/mol. The zero-order chi connectivity index (χ0) is 19.5. The SMILES string of the molecule is CCN(c1ncnc(Nc2cccc(Br)c2)c1N)c1cccc2ccccc12. The number of fused-ring (bicyclic) bond motifs is 1. The molecule has 0 bridgehead atoms. The lowest BCUT2D eigenvalue weighted by Crippen LogP contribution is -2.20. The number of rotatable bonds is 5. The molecule has 0 aliphatic rings. The van der Waals surface area contributed by atoms with Crippen molar-refractivity contribution in [3.05, 3.63) is 77.5 Å². The predicted octanol–water partition coefficient (Wildman–Crippen LogP) is 5.88. The Bertz CT molecular complexity index is 1120. The van der Waals surface area contributed by atoms with Gasteiger partial charge in [0.15, 0.2) is 11.6 Å². The zero-order valence-corrected chi connectivity index (χ0v) is 17.0. The highest BCUT2D eigenvalue weighted by Crippen LogP contribution is 2.36. The molecule has 0 saturated carbocycles. The van der Waals surface area contributed by atoms with Crippen LogP contribution >= 0.6 is 15.9 Å². The molecule has 4 rings (SSSR count). The fourth-order valence-corrected chi connectivity index (χ4v) is 3.68. The van der Waals surface area contributed by atoms with Gasteiger partial charge in [-0.05, 0) is 36.6 Å². The Morgan fingerprint density at radius 3 is 2.61 bits per heavy atom. The summed E-state index contributed by atoms with van der Waals surface area (Å²) in [5, 5.41) is 5.63. The van der Waals surface area contributed by atoms with Gasteiger partial charge in [-0.3, -0.25) is 0 Å². The van der Waals surface area contributed by atoms with Crippen LogP contribution in [-0.2, 0) is 0 Å². The summed E-state index contributed by atoms with van der Waals surface area (Å²) in [6, 6.07) is 22.4. The van der Waals surface area contributed by atoms with E-state index >= 15 is 0 Å². The van der Waals surface area contributed by atoms with Gasteiger partial charge < -0.3 is 16.0 Å². The van der Waals surface area contributed by atoms with E-state index in [0.717, 1.165) is 27.8 Å². The van der Waals surface area contributed by atoms with Crippen molar-refractivity contribution in [3.8, 4) is 0 Å². The van der Waals surface area contributed by atoms with Gasteiger partial charge in [-0.25, -0.2) is 9.97 Å². The van der Waals surface area contributed by atoms with Crippen molar-refractivity contribution in [3.63, 3.8) is 0 Å². The second-order valence-electron chi connectivity index (χ2n) is 6.34. The molecular weight excluding hydrogens is 414 g/mol. The third-order valence-electron chi connectivity index (χ3n) is 4.58. The summed E-state index contributed by atoms with van der Waals surface area (Å²) in [4.78, 5) is 11.0. The van der Waals surface area contributed by atoms with E-state index in [2.05, 4.69) is 73.4 Å². The summed E-state index contributed by atoms with van der Waals surface area (Å²) in [5.41, 5.74) is 8.97. The van der Waals surface area contributed by atoms with Crippen molar-refractivity contribution in [2.24, 2.45) is 0 Å². The molecule has 0 aliphatic heterocycles. The maximum atomic E-state index is 6.49. The van der Waals surface area contributed by atoms with Gasteiger partial charge in [0.1, 0.15) is 12.0 Å². The van der Waals surface area contributed by atoms with Crippen LogP contribution in [0.2, 0.25) is 0 Å². The number of hydrogen-bond acceptors (Lipinski definition) is 5. The van der Waals surface area contributed by atoms with Crippen molar-refractivity contribution in [1.82, 2.24) is 9.97 Å². The first-order valence-electron chi connectivity index (χ1n) is 9.05. The largest absolute Gasteiger partial charge is 0.393 e. The number of nitrogens with two attached hydrogens (primary N) is 1. The minimum absolute atomic E-state index is 0.511. The highest BCUT2D eigenvalue weighted by Gasteiger charge is 2.17. The van der Waals surface area contributed by atoms with Gasteiger partial charge in [0.25, 0.3) is 0 Å². The molecule has 1 aromatic heterocycles. The second kappa shape index (κ2) is 7.86. The van der Waals surface area contributed by atoms with Crippen LogP contribution in [0.25, 0.3) is 10.8 Å². The maximum Gasteiger partial charge on any atom is 0.161 e. The van der Waals surface area contributed by atoms with E-state index in [1.807, 2.05) is 36.4 Å². The first-order valence-corrected chi connectivity index (χ1v) is 9.85. The molecule has 0 unspecified atom stereocenters. The number of benzene rings is 3. The van der Waals surface area contributed by atoms with Crippen molar-refractivity contribution < 1.29 is 0 Å². The molecule has 0 aliphatic carbocycles. The number of nitrogens with zero attached hydrogens (tertiary/aromatic N) is 3. The lowest BCUT2D eigenvalue weighted by Gasteiger charge is -2.25. The van der Waals surface area contributed by atoms with E-state index in [-0.39, 0.29) is 0 Å². The van der Waals surface area contributed by atoms with E-state index in [9.17, 15) is 0 Å². The molecule has 0 amide bonds. The Hall–Kier alpha value is -3.12. The van der Waals surface area contributed by atoms with Crippen LogP contribution in [0.5, 0.6) is 0 Å². The van der Waals surface area contributed by atoms with Gasteiger partial charge >= 0.3 is 0 Å². The molecule has 0 atom stereocenters. The minimum atomic E-state index is 0.511. The van der Waals surface area contributed by atoms with E-state index < -0.39 is 0 Å². The summed E-state index contributed by atoms with van der Waals surface area (Å²) in [6.07, 6.45) is 1.54. The van der Waals surface area contributed by atoms with E-state index in [4.69, 9.17) is 5.73 Å². The van der Waals surface area contributed by atoms with Crippen molar-refractivity contribution in [1.29, 1.82) is 0 Å². The Labute approximate surface area is 172 Å². The monoisotopic (exact) mass is 433 g/mol. The second-order valence-corrected chi connectivity index (χ2v) is 7.25. The highest BCUT2D eigenvalue weighted by molar-refractivity contribution is 9.10. The van der Waals surface area contributed by atoms with Gasteiger partial charge in [0.2, 0.25) is 0 Å². The number of anilines is 5. The van der Waals surface area contributed by atoms with Crippen molar-refractivity contribution in [2.75, 3.05) is 22.5 Å². The summed E-state index contributed by atoms with van der Waals surface area (Å²) in [5.74, 6) is 1.27. The van der Waals surface area contributed by atoms with E-state index in [1.165, 1.54) is 5.39 Å². The molecule has 140 valence electrons. The minimum Gasteiger partial charge on any atom is -0.393 e. The van der Waals surface area contributed by atoms with Gasteiger partial charge in [-0.2, -0.15) is 0 Å². The number of halogens is 1. The van der Waals surface area contributed by atoms with Gasteiger partial charge in [0, 0.05) is 22.1 Å². The molecule has 1 heterocycles. The van der Waals surface area contributed by atoms with Crippen molar-refractivity contribution >= 4 is 55.4 Å². The molecule has 3 N–H and O–H groups in total. The fraction of sp³-hybridized carbons (Fsp3) is 0.0909. The Morgan fingerprint density at radius 2 is 1.79 bits per heavy atom. The van der Waals surface area contributed by atoms with Crippen LogP contribution in [0.3, 0.4) is 0 Å². The smallest absolute Gasteiger partial charge is 0.161 e. The van der Waals surface area contributed by atoms with Crippen LogP contribution < -0.4 is 16.0 Å². The molecule has 4 aromatic rings. The molecule has 3 aromatic carbocycles. The summed E-state index contributed by atoms with van der Waals surface area (Å²) in [6.45, 7) is 2.82. The standard InChI is InChI=1S/C22H20BrN5/c1-2-28(19-12-5-8-15-7-3-4-11-18(15)19)22-20(24)21(25-14-26-22)27-17-10-6-9-16(23)13-17/h3-14H,2,24H2,1H3,(H,25,26,27). The molecule has 0 radical (unpaired) electrons. The molecule has 0 saturated heterocycles. The number of nitrogen functional groups attached to an aromatic ring is 1. The lowest BCUT2D eigenvalue weighted by molar-refractivity contribution is 0.985.